The Morgan fingerprint density at radius 2 is 1.94 bits per heavy atom. The van der Waals surface area contributed by atoms with Gasteiger partial charge in [0.25, 0.3) is 5.91 Å². The minimum atomic E-state index is -0.952. The van der Waals surface area contributed by atoms with Crippen LogP contribution in [0.2, 0.25) is 0 Å². The first-order valence-electron chi connectivity index (χ1n) is 10.3. The number of aromatic nitrogens is 2. The van der Waals surface area contributed by atoms with Gasteiger partial charge in [-0.3, -0.25) is 9.59 Å². The van der Waals surface area contributed by atoms with Crippen LogP contribution in [0.15, 0.2) is 48.5 Å². The van der Waals surface area contributed by atoms with E-state index in [2.05, 4.69) is 10.3 Å². The third kappa shape index (κ3) is 4.18. The fourth-order valence-electron chi connectivity index (χ4n) is 3.89. The van der Waals surface area contributed by atoms with Crippen LogP contribution in [0.5, 0.6) is 0 Å². The number of hydrogen-bond acceptors (Lipinski definition) is 5. The van der Waals surface area contributed by atoms with Crippen molar-refractivity contribution in [2.24, 2.45) is 5.73 Å². The average Bonchev–Trinajstić information content (AvgIpc) is 3.27. The van der Waals surface area contributed by atoms with E-state index < -0.39 is 11.9 Å². The Morgan fingerprint density at radius 3 is 2.71 bits per heavy atom. The maximum atomic E-state index is 13.3. The number of nitrogens with two attached hydrogens (primary N) is 1. The molecule has 2 aromatic carbocycles. The lowest BCUT2D eigenvalue weighted by Gasteiger charge is -2.15. The van der Waals surface area contributed by atoms with Gasteiger partial charge < -0.3 is 16.2 Å². The van der Waals surface area contributed by atoms with E-state index in [0.717, 1.165) is 41.6 Å². The molecular formula is C24H24N4O3. The number of amides is 1. The number of nitrogens with zero attached hydrogens (tertiary/aromatic N) is 2. The summed E-state index contributed by atoms with van der Waals surface area (Å²) in [6.45, 7) is 2.00. The molecule has 7 heteroatoms. The van der Waals surface area contributed by atoms with E-state index in [4.69, 9.17) is 10.7 Å². The highest BCUT2D eigenvalue weighted by Gasteiger charge is 2.25. The fraction of sp³-hybridized carbons (Fsp3) is 0.250. The van der Waals surface area contributed by atoms with Crippen LogP contribution in [0.3, 0.4) is 0 Å². The molecule has 158 valence electrons. The molecule has 3 aromatic rings. The number of carboxylic acids is 1. The number of anilines is 1. The van der Waals surface area contributed by atoms with Crippen LogP contribution in [0.25, 0.3) is 11.4 Å². The predicted molar refractivity (Wildman–Crippen MR) is 118 cm³/mol. The highest BCUT2D eigenvalue weighted by Crippen LogP contribution is 2.29. The quantitative estimate of drug-likeness (QED) is 0.566. The first-order chi connectivity index (χ1) is 15.0. The number of fused-ring (bicyclic) bond motifs is 1. The van der Waals surface area contributed by atoms with Gasteiger partial charge in [0.2, 0.25) is 0 Å². The summed E-state index contributed by atoms with van der Waals surface area (Å²) in [4.78, 5) is 34.1. The Morgan fingerprint density at radius 1 is 1.13 bits per heavy atom. The third-order valence-corrected chi connectivity index (χ3v) is 5.61. The van der Waals surface area contributed by atoms with Gasteiger partial charge in [0.05, 0.1) is 5.92 Å². The van der Waals surface area contributed by atoms with E-state index in [-0.39, 0.29) is 5.91 Å². The standard InChI is InChI=1S/C24H24N4O3/c1-14(24(30)31)17-8-2-3-10-19(17)27-23(29)21-18-9-5-11-20(18)26-22(28-21)16-7-4-6-15(12-16)13-25/h2-4,6-8,10,12,14H,5,9,11,13,25H2,1H3,(H,27,29)(H,30,31). The summed E-state index contributed by atoms with van der Waals surface area (Å²) in [6, 6.07) is 14.6. The Balaban J connectivity index is 1.73. The second kappa shape index (κ2) is 8.65. The lowest BCUT2D eigenvalue weighted by molar-refractivity contribution is -0.138. The van der Waals surface area contributed by atoms with Gasteiger partial charge in [-0.15, -0.1) is 0 Å². The molecule has 0 spiro atoms. The molecule has 0 saturated heterocycles. The SMILES string of the molecule is CC(C(=O)O)c1ccccc1NC(=O)c1nc(-c2cccc(CN)c2)nc2c1CCC2. The molecule has 0 radical (unpaired) electrons. The molecule has 1 unspecified atom stereocenters. The number of aryl methyl sites for hydroxylation is 1. The zero-order valence-corrected chi connectivity index (χ0v) is 17.3. The van der Waals surface area contributed by atoms with Crippen LogP contribution in [0.4, 0.5) is 5.69 Å². The lowest BCUT2D eigenvalue weighted by atomic mass is 9.99. The van der Waals surface area contributed by atoms with Crippen molar-refractivity contribution in [1.29, 1.82) is 0 Å². The number of para-hydroxylation sites is 1. The first-order valence-corrected chi connectivity index (χ1v) is 10.3. The zero-order valence-electron chi connectivity index (χ0n) is 17.3. The molecule has 1 aliphatic rings. The predicted octanol–water partition coefficient (Wildman–Crippen LogP) is 3.53. The van der Waals surface area contributed by atoms with E-state index in [0.29, 0.717) is 29.3 Å². The van der Waals surface area contributed by atoms with Crippen molar-refractivity contribution in [2.75, 3.05) is 5.32 Å². The smallest absolute Gasteiger partial charge is 0.310 e. The maximum absolute atomic E-state index is 13.3. The summed E-state index contributed by atoms with van der Waals surface area (Å²) in [5, 5.41) is 12.3. The van der Waals surface area contributed by atoms with Gasteiger partial charge >= 0.3 is 5.97 Å². The zero-order chi connectivity index (χ0) is 22.0. The monoisotopic (exact) mass is 416 g/mol. The van der Waals surface area contributed by atoms with Gasteiger partial charge in [0, 0.05) is 29.1 Å². The van der Waals surface area contributed by atoms with E-state index in [1.165, 1.54) is 0 Å². The summed E-state index contributed by atoms with van der Waals surface area (Å²) in [5.74, 6) is -1.57. The van der Waals surface area contributed by atoms with Crippen molar-refractivity contribution in [3.63, 3.8) is 0 Å². The molecule has 1 aliphatic carbocycles. The molecule has 0 saturated carbocycles. The Hall–Kier alpha value is -3.58. The van der Waals surface area contributed by atoms with Crippen molar-refractivity contribution < 1.29 is 14.7 Å². The van der Waals surface area contributed by atoms with Crippen LogP contribution >= 0.6 is 0 Å². The largest absolute Gasteiger partial charge is 0.481 e. The first kappa shape index (κ1) is 20.7. The average molecular weight is 416 g/mol. The molecule has 4 rings (SSSR count). The van der Waals surface area contributed by atoms with Crippen molar-refractivity contribution in [3.8, 4) is 11.4 Å². The van der Waals surface area contributed by atoms with Crippen molar-refractivity contribution in [2.45, 2.75) is 38.6 Å². The van der Waals surface area contributed by atoms with Gasteiger partial charge in [-0.2, -0.15) is 0 Å². The summed E-state index contributed by atoms with van der Waals surface area (Å²) >= 11 is 0. The van der Waals surface area contributed by atoms with Gasteiger partial charge in [0.1, 0.15) is 5.69 Å². The Labute approximate surface area is 180 Å². The minimum Gasteiger partial charge on any atom is -0.481 e. The van der Waals surface area contributed by atoms with Gasteiger partial charge in [-0.25, -0.2) is 9.97 Å². The summed E-state index contributed by atoms with van der Waals surface area (Å²) in [7, 11) is 0. The third-order valence-electron chi connectivity index (χ3n) is 5.61. The molecule has 0 bridgehead atoms. The number of hydrogen-bond donors (Lipinski definition) is 3. The molecule has 1 aromatic heterocycles. The fourth-order valence-corrected chi connectivity index (χ4v) is 3.89. The molecule has 1 amide bonds. The van der Waals surface area contributed by atoms with E-state index in [1.54, 1.807) is 31.2 Å². The Kier molecular flexibility index (Phi) is 5.77. The molecule has 31 heavy (non-hydrogen) atoms. The number of benzene rings is 2. The summed E-state index contributed by atoms with van der Waals surface area (Å²) in [6.07, 6.45) is 2.46. The maximum Gasteiger partial charge on any atom is 0.310 e. The topological polar surface area (TPSA) is 118 Å². The number of carboxylic acid groups (broad SMARTS) is 1. The normalized spacial score (nSPS) is 13.5. The van der Waals surface area contributed by atoms with E-state index in [1.807, 2.05) is 24.3 Å². The van der Waals surface area contributed by atoms with E-state index in [9.17, 15) is 14.7 Å². The van der Waals surface area contributed by atoms with Crippen LogP contribution < -0.4 is 11.1 Å². The molecule has 1 atom stereocenters. The van der Waals surface area contributed by atoms with Gasteiger partial charge in [0.15, 0.2) is 5.82 Å². The number of aliphatic carboxylic acids is 1. The van der Waals surface area contributed by atoms with Gasteiger partial charge in [-0.05, 0) is 49.4 Å². The molecule has 0 fully saturated rings. The molecular weight excluding hydrogens is 392 g/mol. The molecule has 7 nitrogen and oxygen atoms in total. The second-order valence-corrected chi connectivity index (χ2v) is 7.68. The highest BCUT2D eigenvalue weighted by atomic mass is 16.4. The lowest BCUT2D eigenvalue weighted by Crippen LogP contribution is -2.20. The Bertz CT molecular complexity index is 1160. The minimum absolute atomic E-state index is 0.341. The van der Waals surface area contributed by atoms with Crippen LogP contribution in [-0.2, 0) is 24.2 Å². The molecule has 1 heterocycles. The highest BCUT2D eigenvalue weighted by molar-refractivity contribution is 6.05. The van der Waals surface area contributed by atoms with Crippen molar-refractivity contribution >= 4 is 17.6 Å². The molecule has 0 aliphatic heterocycles. The summed E-state index contributed by atoms with van der Waals surface area (Å²) in [5.41, 5.74) is 10.6. The number of carbonyl (C=O) groups excluding carboxylic acids is 1. The van der Waals surface area contributed by atoms with Crippen molar-refractivity contribution in [1.82, 2.24) is 9.97 Å². The van der Waals surface area contributed by atoms with Gasteiger partial charge in [-0.1, -0.05) is 36.4 Å². The molecule has 4 N–H and O–H groups in total. The number of carbonyl (C=O) groups is 2. The summed E-state index contributed by atoms with van der Waals surface area (Å²) < 4.78 is 0. The van der Waals surface area contributed by atoms with Crippen LogP contribution in [0, 0.1) is 0 Å². The van der Waals surface area contributed by atoms with E-state index >= 15 is 0 Å². The van der Waals surface area contributed by atoms with Crippen LogP contribution in [0.1, 0.15) is 52.1 Å². The number of rotatable bonds is 6. The van der Waals surface area contributed by atoms with Crippen LogP contribution in [-0.4, -0.2) is 27.0 Å². The van der Waals surface area contributed by atoms with Crippen molar-refractivity contribution in [3.05, 3.63) is 76.6 Å². The second-order valence-electron chi connectivity index (χ2n) is 7.68. The number of nitrogens with one attached hydrogen (secondary N) is 1.